The van der Waals surface area contributed by atoms with E-state index in [9.17, 15) is 9.59 Å². The van der Waals surface area contributed by atoms with E-state index in [2.05, 4.69) is 20.5 Å². The molecule has 0 atom stereocenters. The van der Waals surface area contributed by atoms with Gasteiger partial charge in [-0.25, -0.2) is 9.59 Å². The molecule has 0 aromatic carbocycles. The van der Waals surface area contributed by atoms with E-state index in [0.717, 1.165) is 31.1 Å². The van der Waals surface area contributed by atoms with E-state index in [1.807, 2.05) is 11.8 Å². The molecule has 21 heavy (non-hydrogen) atoms. The number of rotatable bonds is 5. The summed E-state index contributed by atoms with van der Waals surface area (Å²) in [5, 5.41) is 14.3. The lowest BCUT2D eigenvalue weighted by Crippen LogP contribution is -2.40. The van der Waals surface area contributed by atoms with E-state index >= 15 is 0 Å². The Kier molecular flexibility index (Phi) is 5.51. The van der Waals surface area contributed by atoms with Crippen molar-refractivity contribution in [2.75, 3.05) is 43.0 Å². The van der Waals surface area contributed by atoms with Crippen molar-refractivity contribution in [2.24, 2.45) is 0 Å². The van der Waals surface area contributed by atoms with E-state index < -0.39 is 5.97 Å². The van der Waals surface area contributed by atoms with E-state index in [4.69, 9.17) is 5.11 Å². The van der Waals surface area contributed by atoms with E-state index in [1.54, 1.807) is 13.0 Å². The molecular formula is C13H20N4O3S. The van der Waals surface area contributed by atoms with Gasteiger partial charge in [0.15, 0.2) is 0 Å². The highest BCUT2D eigenvalue weighted by Crippen LogP contribution is 2.16. The molecule has 1 saturated heterocycles. The van der Waals surface area contributed by atoms with E-state index in [0.29, 0.717) is 12.2 Å². The number of H-pyrrole nitrogens is 1. The van der Waals surface area contributed by atoms with Gasteiger partial charge in [0.1, 0.15) is 5.69 Å². The molecule has 1 aromatic rings. The van der Waals surface area contributed by atoms with E-state index in [-0.39, 0.29) is 17.4 Å². The zero-order valence-electron chi connectivity index (χ0n) is 11.9. The Morgan fingerprint density at radius 3 is 2.81 bits per heavy atom. The number of nitrogens with one attached hydrogen (secondary N) is 3. The van der Waals surface area contributed by atoms with Crippen molar-refractivity contribution >= 4 is 29.4 Å². The van der Waals surface area contributed by atoms with Gasteiger partial charge in [-0.2, -0.15) is 11.8 Å². The number of amides is 2. The van der Waals surface area contributed by atoms with Crippen LogP contribution in [0.1, 0.15) is 16.2 Å². The summed E-state index contributed by atoms with van der Waals surface area (Å²) >= 11 is 1.95. The fourth-order valence-corrected chi connectivity index (χ4v) is 3.15. The molecule has 2 heterocycles. The summed E-state index contributed by atoms with van der Waals surface area (Å²) in [6.07, 6.45) is 0. The zero-order valence-corrected chi connectivity index (χ0v) is 12.8. The van der Waals surface area contributed by atoms with Crippen molar-refractivity contribution in [1.82, 2.24) is 15.2 Å². The number of carbonyl (C=O) groups excluding carboxylic acids is 1. The summed E-state index contributed by atoms with van der Waals surface area (Å²) < 4.78 is 0. The van der Waals surface area contributed by atoms with Crippen molar-refractivity contribution in [2.45, 2.75) is 6.92 Å². The summed E-state index contributed by atoms with van der Waals surface area (Å²) in [4.78, 5) is 27.8. The first-order chi connectivity index (χ1) is 10.1. The molecule has 0 spiro atoms. The minimum atomic E-state index is -1.09. The summed E-state index contributed by atoms with van der Waals surface area (Å²) in [5.74, 6) is 1.18. The number of urea groups is 1. The highest BCUT2D eigenvalue weighted by atomic mass is 32.2. The quantitative estimate of drug-likeness (QED) is 0.655. The lowest BCUT2D eigenvalue weighted by Gasteiger charge is -2.25. The molecule has 7 nitrogen and oxygen atoms in total. The molecule has 4 N–H and O–H groups in total. The van der Waals surface area contributed by atoms with Crippen LogP contribution in [0.25, 0.3) is 0 Å². The Morgan fingerprint density at radius 2 is 2.14 bits per heavy atom. The maximum absolute atomic E-state index is 11.8. The Balaban J connectivity index is 1.77. The van der Waals surface area contributed by atoms with Crippen molar-refractivity contribution in [1.29, 1.82) is 0 Å². The van der Waals surface area contributed by atoms with Crippen molar-refractivity contribution in [3.63, 3.8) is 0 Å². The van der Waals surface area contributed by atoms with Crippen LogP contribution >= 0.6 is 11.8 Å². The van der Waals surface area contributed by atoms with Crippen LogP contribution in [0.2, 0.25) is 0 Å². The average Bonchev–Trinajstić information content (AvgIpc) is 2.81. The van der Waals surface area contributed by atoms with Crippen LogP contribution in [0, 0.1) is 6.92 Å². The fourth-order valence-electron chi connectivity index (χ4n) is 2.18. The van der Waals surface area contributed by atoms with Crippen molar-refractivity contribution in [3.05, 3.63) is 17.5 Å². The van der Waals surface area contributed by atoms with Crippen LogP contribution in [-0.4, -0.2) is 64.7 Å². The monoisotopic (exact) mass is 312 g/mol. The standard InChI is InChI=1S/C13H20N4O3S/c1-9-8-10(11(15-9)12(18)19)16-13(20)14-2-3-17-4-6-21-7-5-17/h8,15H,2-7H2,1H3,(H,18,19)(H2,14,16,20). The van der Waals surface area contributed by atoms with Gasteiger partial charge in [-0.3, -0.25) is 4.90 Å². The molecule has 8 heteroatoms. The molecule has 2 amide bonds. The topological polar surface area (TPSA) is 97.5 Å². The van der Waals surface area contributed by atoms with Gasteiger partial charge in [0.25, 0.3) is 0 Å². The Hall–Kier alpha value is -1.67. The first-order valence-electron chi connectivity index (χ1n) is 6.84. The van der Waals surface area contributed by atoms with E-state index in [1.165, 1.54) is 0 Å². The first kappa shape index (κ1) is 15.7. The lowest BCUT2D eigenvalue weighted by molar-refractivity contribution is 0.0692. The molecule has 116 valence electrons. The number of nitrogens with zero attached hydrogens (tertiary/aromatic N) is 1. The summed E-state index contributed by atoms with van der Waals surface area (Å²) in [5.41, 5.74) is 0.969. The Bertz CT molecular complexity index is 512. The summed E-state index contributed by atoms with van der Waals surface area (Å²) in [7, 11) is 0. The van der Waals surface area contributed by atoms with Gasteiger partial charge < -0.3 is 20.7 Å². The van der Waals surface area contributed by atoms with Crippen LogP contribution in [0.15, 0.2) is 6.07 Å². The molecule has 0 bridgehead atoms. The van der Waals surface area contributed by atoms with Gasteiger partial charge in [0.2, 0.25) is 0 Å². The molecule has 0 unspecified atom stereocenters. The Labute approximate surface area is 127 Å². The summed E-state index contributed by atoms with van der Waals surface area (Å²) in [6.45, 7) is 5.19. The van der Waals surface area contributed by atoms with Crippen LogP contribution in [0.4, 0.5) is 10.5 Å². The third-order valence-corrected chi connectivity index (χ3v) is 4.17. The first-order valence-corrected chi connectivity index (χ1v) is 7.99. The lowest BCUT2D eigenvalue weighted by atomic mass is 10.3. The minimum absolute atomic E-state index is 0.00398. The number of carbonyl (C=O) groups is 2. The summed E-state index contributed by atoms with van der Waals surface area (Å²) in [6, 6.07) is 1.22. The molecule has 0 saturated carbocycles. The number of aryl methyl sites for hydroxylation is 1. The van der Waals surface area contributed by atoms with Crippen molar-refractivity contribution < 1.29 is 14.7 Å². The van der Waals surface area contributed by atoms with Gasteiger partial charge in [-0.1, -0.05) is 0 Å². The van der Waals surface area contributed by atoms with Gasteiger partial charge >= 0.3 is 12.0 Å². The van der Waals surface area contributed by atoms with Crippen LogP contribution < -0.4 is 10.6 Å². The van der Waals surface area contributed by atoms with Crippen LogP contribution in [-0.2, 0) is 0 Å². The molecule has 1 aliphatic rings. The second-order valence-corrected chi connectivity index (χ2v) is 6.11. The van der Waals surface area contributed by atoms with Gasteiger partial charge in [-0.05, 0) is 13.0 Å². The second kappa shape index (κ2) is 7.37. The fraction of sp³-hybridized carbons (Fsp3) is 0.538. The number of thioether (sulfide) groups is 1. The van der Waals surface area contributed by atoms with Crippen LogP contribution in [0.5, 0.6) is 0 Å². The minimum Gasteiger partial charge on any atom is -0.477 e. The van der Waals surface area contributed by atoms with Gasteiger partial charge in [0, 0.05) is 43.4 Å². The Morgan fingerprint density at radius 1 is 1.43 bits per heavy atom. The number of aromatic nitrogens is 1. The number of hydrogen-bond donors (Lipinski definition) is 4. The molecule has 1 aromatic heterocycles. The molecule has 2 rings (SSSR count). The highest BCUT2D eigenvalue weighted by molar-refractivity contribution is 7.99. The molecule has 0 radical (unpaired) electrons. The number of carboxylic acid groups (broad SMARTS) is 1. The number of carboxylic acids is 1. The molecular weight excluding hydrogens is 292 g/mol. The number of anilines is 1. The SMILES string of the molecule is Cc1cc(NC(=O)NCCN2CCSCC2)c(C(=O)O)[nH]1. The number of aromatic amines is 1. The predicted octanol–water partition coefficient (Wildman–Crippen LogP) is 1.19. The van der Waals surface area contributed by atoms with Crippen LogP contribution in [0.3, 0.4) is 0 Å². The smallest absolute Gasteiger partial charge is 0.354 e. The zero-order chi connectivity index (χ0) is 15.2. The molecule has 0 aliphatic carbocycles. The normalized spacial score (nSPS) is 15.7. The maximum Gasteiger partial charge on any atom is 0.354 e. The third-order valence-electron chi connectivity index (χ3n) is 3.23. The molecule has 1 aliphatic heterocycles. The number of aromatic carboxylic acids is 1. The second-order valence-electron chi connectivity index (χ2n) is 4.88. The number of hydrogen-bond acceptors (Lipinski definition) is 4. The van der Waals surface area contributed by atoms with Crippen molar-refractivity contribution in [3.8, 4) is 0 Å². The van der Waals surface area contributed by atoms with Gasteiger partial charge in [-0.15, -0.1) is 0 Å². The largest absolute Gasteiger partial charge is 0.477 e. The third kappa shape index (κ3) is 4.68. The molecule has 1 fully saturated rings. The average molecular weight is 312 g/mol. The van der Waals surface area contributed by atoms with Gasteiger partial charge in [0.05, 0.1) is 5.69 Å². The highest BCUT2D eigenvalue weighted by Gasteiger charge is 2.15. The predicted molar refractivity (Wildman–Crippen MR) is 83.3 cm³/mol. The maximum atomic E-state index is 11.8.